The van der Waals surface area contributed by atoms with E-state index in [0.29, 0.717) is 23.3 Å². The Labute approximate surface area is 182 Å². The molecule has 0 saturated carbocycles. The van der Waals surface area contributed by atoms with Gasteiger partial charge in [-0.3, -0.25) is 9.36 Å². The Morgan fingerprint density at radius 1 is 1.07 bits per heavy atom. The zero-order valence-corrected chi connectivity index (χ0v) is 18.5. The number of carbonyl (C=O) groups excluding carboxylic acids is 1. The van der Waals surface area contributed by atoms with Crippen LogP contribution in [0.15, 0.2) is 53.7 Å². The molecule has 30 heavy (non-hydrogen) atoms. The molecule has 3 rings (SSSR count). The first-order valence-corrected chi connectivity index (χ1v) is 11.2. The summed E-state index contributed by atoms with van der Waals surface area (Å²) in [4.78, 5) is 12.1. The van der Waals surface area contributed by atoms with Gasteiger partial charge in [-0.15, -0.1) is 10.2 Å². The van der Waals surface area contributed by atoms with E-state index in [4.69, 9.17) is 4.74 Å². The molecule has 1 N–H and O–H groups in total. The van der Waals surface area contributed by atoms with Crippen LogP contribution in [-0.2, 0) is 11.4 Å². The van der Waals surface area contributed by atoms with Crippen molar-refractivity contribution in [1.82, 2.24) is 20.1 Å². The Hall–Kier alpha value is -2.80. The van der Waals surface area contributed by atoms with Crippen LogP contribution in [0.25, 0.3) is 5.69 Å². The fraction of sp³-hybridized carbons (Fsp3) is 0.348. The van der Waals surface area contributed by atoms with Crippen molar-refractivity contribution >= 4 is 17.7 Å². The Morgan fingerprint density at radius 3 is 2.50 bits per heavy atom. The Kier molecular flexibility index (Phi) is 7.90. The Morgan fingerprint density at radius 2 is 1.80 bits per heavy atom. The quantitative estimate of drug-likeness (QED) is 0.384. The number of hydrogen-bond donors (Lipinski definition) is 1. The maximum Gasteiger partial charge on any atom is 0.230 e. The number of para-hydroxylation sites is 2. The Balaban J connectivity index is 1.77. The van der Waals surface area contributed by atoms with Crippen LogP contribution in [0.4, 0.5) is 0 Å². The number of thioether (sulfide) groups is 1. The van der Waals surface area contributed by atoms with Gasteiger partial charge >= 0.3 is 0 Å². The van der Waals surface area contributed by atoms with Gasteiger partial charge in [0.05, 0.1) is 5.75 Å². The number of unbranched alkanes of at least 4 members (excludes halogenated alkanes) is 1. The van der Waals surface area contributed by atoms with Crippen LogP contribution in [0.3, 0.4) is 0 Å². The van der Waals surface area contributed by atoms with Gasteiger partial charge in [-0.25, -0.2) is 0 Å². The lowest BCUT2D eigenvalue weighted by Gasteiger charge is -2.13. The van der Waals surface area contributed by atoms with Crippen LogP contribution in [0.5, 0.6) is 5.75 Å². The van der Waals surface area contributed by atoms with E-state index in [1.54, 1.807) is 0 Å². The third kappa shape index (κ3) is 5.63. The molecule has 1 aromatic heterocycles. The van der Waals surface area contributed by atoms with Crippen LogP contribution in [0, 0.1) is 13.8 Å². The second-order valence-corrected chi connectivity index (χ2v) is 8.01. The molecule has 3 aromatic rings. The molecule has 7 heteroatoms. The number of ether oxygens (including phenoxy) is 1. The predicted octanol–water partition coefficient (Wildman–Crippen LogP) is 4.47. The highest BCUT2D eigenvalue weighted by molar-refractivity contribution is 7.99. The van der Waals surface area contributed by atoms with Gasteiger partial charge in [0, 0.05) is 12.2 Å². The van der Waals surface area contributed by atoms with Gasteiger partial charge in [0.15, 0.2) is 11.0 Å². The average molecular weight is 425 g/mol. The maximum absolute atomic E-state index is 12.1. The molecule has 0 fully saturated rings. The molecule has 0 spiro atoms. The van der Waals surface area contributed by atoms with Crippen molar-refractivity contribution in [3.8, 4) is 11.4 Å². The molecule has 1 heterocycles. The summed E-state index contributed by atoms with van der Waals surface area (Å²) in [5.41, 5.74) is 3.11. The molecule has 1 amide bonds. The topological polar surface area (TPSA) is 69.0 Å². The second kappa shape index (κ2) is 10.8. The normalized spacial score (nSPS) is 10.8. The molecule has 0 radical (unpaired) electrons. The van der Waals surface area contributed by atoms with E-state index in [1.807, 2.05) is 66.9 Å². The molecule has 0 aliphatic heterocycles. The summed E-state index contributed by atoms with van der Waals surface area (Å²) in [7, 11) is 0. The molecule has 0 saturated heterocycles. The fourth-order valence-electron chi connectivity index (χ4n) is 3.07. The number of carbonyl (C=O) groups is 1. The molecular formula is C23H28N4O2S. The van der Waals surface area contributed by atoms with E-state index in [-0.39, 0.29) is 12.5 Å². The minimum atomic E-state index is 0.00407. The van der Waals surface area contributed by atoms with Crippen LogP contribution >= 0.6 is 11.8 Å². The molecule has 0 unspecified atom stereocenters. The van der Waals surface area contributed by atoms with Crippen LogP contribution in [0.1, 0.15) is 36.7 Å². The SMILES string of the molecule is CCCCNC(=O)CSc1nnc(COc2c(C)cccc2C)n1-c1ccccc1. The van der Waals surface area contributed by atoms with Gasteiger partial charge in [0.1, 0.15) is 12.4 Å². The van der Waals surface area contributed by atoms with Gasteiger partial charge < -0.3 is 10.1 Å². The van der Waals surface area contributed by atoms with Gasteiger partial charge in [-0.1, -0.05) is 61.5 Å². The number of rotatable bonds is 10. The summed E-state index contributed by atoms with van der Waals surface area (Å²) in [5.74, 6) is 1.86. The van der Waals surface area contributed by atoms with E-state index in [9.17, 15) is 4.79 Å². The minimum absolute atomic E-state index is 0.00407. The van der Waals surface area contributed by atoms with Crippen molar-refractivity contribution in [1.29, 1.82) is 0 Å². The van der Waals surface area contributed by atoms with Gasteiger partial charge in [-0.2, -0.15) is 0 Å². The first-order chi connectivity index (χ1) is 14.6. The number of aromatic nitrogens is 3. The van der Waals surface area contributed by atoms with E-state index in [1.165, 1.54) is 11.8 Å². The number of benzene rings is 2. The summed E-state index contributed by atoms with van der Waals surface area (Å²) < 4.78 is 8.06. The van der Waals surface area contributed by atoms with Gasteiger partial charge in [-0.05, 0) is 43.5 Å². The molecule has 0 aliphatic carbocycles. The lowest BCUT2D eigenvalue weighted by atomic mass is 10.1. The summed E-state index contributed by atoms with van der Waals surface area (Å²) in [5, 5.41) is 12.3. The molecule has 2 aromatic carbocycles. The number of amides is 1. The van der Waals surface area contributed by atoms with Crippen molar-refractivity contribution in [2.24, 2.45) is 0 Å². The van der Waals surface area contributed by atoms with Crippen LogP contribution in [-0.4, -0.2) is 33.0 Å². The molecule has 0 bridgehead atoms. The maximum atomic E-state index is 12.1. The highest BCUT2D eigenvalue weighted by Crippen LogP contribution is 2.26. The predicted molar refractivity (Wildman–Crippen MR) is 120 cm³/mol. The molecule has 158 valence electrons. The Bertz CT molecular complexity index is 952. The number of aryl methyl sites for hydroxylation is 2. The van der Waals surface area contributed by atoms with Crippen molar-refractivity contribution in [2.75, 3.05) is 12.3 Å². The third-order valence-corrected chi connectivity index (χ3v) is 5.58. The van der Waals surface area contributed by atoms with Crippen LogP contribution < -0.4 is 10.1 Å². The summed E-state index contributed by atoms with van der Waals surface area (Å²) in [6.07, 6.45) is 2.04. The summed E-state index contributed by atoms with van der Waals surface area (Å²) in [6, 6.07) is 16.0. The second-order valence-electron chi connectivity index (χ2n) is 7.07. The monoisotopic (exact) mass is 424 g/mol. The van der Waals surface area contributed by atoms with Crippen molar-refractivity contribution in [3.05, 3.63) is 65.5 Å². The molecular weight excluding hydrogens is 396 g/mol. The first-order valence-electron chi connectivity index (χ1n) is 10.2. The molecule has 6 nitrogen and oxygen atoms in total. The van der Waals surface area contributed by atoms with E-state index in [2.05, 4.69) is 22.4 Å². The van der Waals surface area contributed by atoms with E-state index < -0.39 is 0 Å². The van der Waals surface area contributed by atoms with Crippen molar-refractivity contribution < 1.29 is 9.53 Å². The first kappa shape index (κ1) is 21.9. The van der Waals surface area contributed by atoms with E-state index >= 15 is 0 Å². The third-order valence-electron chi connectivity index (χ3n) is 4.65. The lowest BCUT2D eigenvalue weighted by Crippen LogP contribution is -2.26. The average Bonchev–Trinajstić information content (AvgIpc) is 3.15. The zero-order chi connectivity index (χ0) is 21.3. The summed E-state index contributed by atoms with van der Waals surface area (Å²) >= 11 is 1.38. The fourth-order valence-corrected chi connectivity index (χ4v) is 3.87. The van der Waals surface area contributed by atoms with Crippen molar-refractivity contribution in [3.63, 3.8) is 0 Å². The van der Waals surface area contributed by atoms with Gasteiger partial charge in [0.25, 0.3) is 0 Å². The standard InChI is InChI=1S/C23H28N4O2S/c1-4-5-14-24-21(28)16-30-23-26-25-20(27(23)19-12-7-6-8-13-19)15-29-22-17(2)10-9-11-18(22)3/h6-13H,4-5,14-16H2,1-3H3,(H,24,28). The van der Waals surface area contributed by atoms with Crippen LogP contribution in [0.2, 0.25) is 0 Å². The highest BCUT2D eigenvalue weighted by Gasteiger charge is 2.17. The highest BCUT2D eigenvalue weighted by atomic mass is 32.2. The van der Waals surface area contributed by atoms with E-state index in [0.717, 1.165) is 35.4 Å². The lowest BCUT2D eigenvalue weighted by molar-refractivity contribution is -0.118. The number of nitrogens with zero attached hydrogens (tertiary/aromatic N) is 3. The van der Waals surface area contributed by atoms with Crippen molar-refractivity contribution in [2.45, 2.75) is 45.4 Å². The minimum Gasteiger partial charge on any atom is -0.485 e. The smallest absolute Gasteiger partial charge is 0.230 e. The molecule has 0 atom stereocenters. The molecule has 0 aliphatic rings. The largest absolute Gasteiger partial charge is 0.485 e. The van der Waals surface area contributed by atoms with Gasteiger partial charge in [0.2, 0.25) is 5.91 Å². The number of hydrogen-bond acceptors (Lipinski definition) is 5. The number of nitrogens with one attached hydrogen (secondary N) is 1. The zero-order valence-electron chi connectivity index (χ0n) is 17.7. The summed E-state index contributed by atoms with van der Waals surface area (Å²) in [6.45, 7) is 7.16.